The van der Waals surface area contributed by atoms with Crippen LogP contribution in [0.5, 0.6) is 11.5 Å². The largest absolute Gasteiger partial charge is 0.493 e. The van der Waals surface area contributed by atoms with E-state index in [1.165, 1.54) is 7.11 Å². The van der Waals surface area contributed by atoms with Gasteiger partial charge < -0.3 is 30.5 Å². The van der Waals surface area contributed by atoms with E-state index in [1.54, 1.807) is 25.3 Å². The fourth-order valence-corrected chi connectivity index (χ4v) is 4.92. The maximum atomic E-state index is 13.5. The molecular weight excluding hydrogens is 558 g/mol. The van der Waals surface area contributed by atoms with Crippen molar-refractivity contribution in [1.82, 2.24) is 16.0 Å². The van der Waals surface area contributed by atoms with Crippen LogP contribution < -0.4 is 25.4 Å². The second-order valence-electron chi connectivity index (χ2n) is 11.2. The van der Waals surface area contributed by atoms with Crippen LogP contribution in [0.1, 0.15) is 43.4 Å². The molecule has 0 radical (unpaired) electrons. The Bertz CT molecular complexity index is 1330. The van der Waals surface area contributed by atoms with Crippen LogP contribution in [0.2, 0.25) is 0 Å². The van der Waals surface area contributed by atoms with E-state index in [0.29, 0.717) is 30.0 Å². The first-order chi connectivity index (χ1) is 21.2. The number of rotatable bonds is 17. The van der Waals surface area contributed by atoms with E-state index >= 15 is 0 Å². The van der Waals surface area contributed by atoms with E-state index in [2.05, 4.69) is 16.0 Å². The molecule has 3 rings (SSSR count). The van der Waals surface area contributed by atoms with E-state index in [4.69, 9.17) is 9.47 Å². The third-order valence-electron chi connectivity index (χ3n) is 7.41. The van der Waals surface area contributed by atoms with Crippen LogP contribution in [0.25, 0.3) is 0 Å². The van der Waals surface area contributed by atoms with Gasteiger partial charge in [-0.05, 0) is 54.0 Å². The molecule has 0 aromatic heterocycles. The summed E-state index contributed by atoms with van der Waals surface area (Å²) in [7, 11) is 3.07. The quantitative estimate of drug-likeness (QED) is 0.187. The van der Waals surface area contributed by atoms with E-state index < -0.39 is 24.1 Å². The number of methoxy groups -OCH3 is 2. The zero-order valence-corrected chi connectivity index (χ0v) is 26.0. The first kappa shape index (κ1) is 34.1. The van der Waals surface area contributed by atoms with Gasteiger partial charge in [-0.15, -0.1) is 0 Å². The summed E-state index contributed by atoms with van der Waals surface area (Å²) in [6.45, 7) is 4.20. The van der Waals surface area contributed by atoms with Gasteiger partial charge in [0.05, 0.1) is 32.8 Å². The number of carbonyl (C=O) groups is 3. The number of amides is 3. The molecule has 0 aliphatic heterocycles. The van der Waals surface area contributed by atoms with Crippen LogP contribution in [0.15, 0.2) is 78.9 Å². The lowest BCUT2D eigenvalue weighted by Gasteiger charge is -2.28. The number of hydrogen-bond acceptors (Lipinski definition) is 6. The molecule has 0 bridgehead atoms. The highest BCUT2D eigenvalue weighted by atomic mass is 16.5. The second kappa shape index (κ2) is 17.7. The Hall–Kier alpha value is -4.37. The number of hydrogen-bond donors (Lipinski definition) is 4. The zero-order chi connectivity index (χ0) is 31.9. The lowest BCUT2D eigenvalue weighted by molar-refractivity contribution is -0.130. The first-order valence-electron chi connectivity index (χ1n) is 15.0. The Kier molecular flexibility index (Phi) is 13.7. The van der Waals surface area contributed by atoms with Crippen molar-refractivity contribution in [2.75, 3.05) is 20.8 Å². The van der Waals surface area contributed by atoms with Gasteiger partial charge in [-0.3, -0.25) is 14.4 Å². The zero-order valence-electron chi connectivity index (χ0n) is 26.0. The van der Waals surface area contributed by atoms with Crippen LogP contribution >= 0.6 is 0 Å². The van der Waals surface area contributed by atoms with Gasteiger partial charge in [-0.1, -0.05) is 80.6 Å². The Balaban J connectivity index is 1.61. The summed E-state index contributed by atoms with van der Waals surface area (Å²) in [4.78, 5) is 39.0. The van der Waals surface area contributed by atoms with Gasteiger partial charge in [-0.25, -0.2) is 0 Å². The number of aliphatic hydroxyl groups is 1. The summed E-state index contributed by atoms with van der Waals surface area (Å²) in [5.74, 6) is -0.0183. The van der Waals surface area contributed by atoms with Crippen LogP contribution in [-0.2, 0) is 33.6 Å². The molecule has 3 atom stereocenters. The minimum absolute atomic E-state index is 0.0479. The van der Waals surface area contributed by atoms with Crippen molar-refractivity contribution in [1.29, 1.82) is 0 Å². The minimum Gasteiger partial charge on any atom is -0.493 e. The summed E-state index contributed by atoms with van der Waals surface area (Å²) in [5.41, 5.74) is 2.78. The summed E-state index contributed by atoms with van der Waals surface area (Å²) in [5, 5.41) is 19.9. The van der Waals surface area contributed by atoms with E-state index in [-0.39, 0.29) is 37.0 Å². The third kappa shape index (κ3) is 11.0. The van der Waals surface area contributed by atoms with Crippen molar-refractivity contribution in [2.24, 2.45) is 5.92 Å². The lowest BCUT2D eigenvalue weighted by Crippen LogP contribution is -2.55. The SMILES string of the molecule is COc1ccc(CC(=O)NC(C(=O)N[C@@H](Cc2ccccc2)[C@@H](O)CCC(=O)NCCc2ccccc2)C(C)C)cc1OC. The lowest BCUT2D eigenvalue weighted by atomic mass is 9.96. The van der Waals surface area contributed by atoms with Crippen molar-refractivity contribution in [3.8, 4) is 11.5 Å². The first-order valence-corrected chi connectivity index (χ1v) is 15.0. The predicted molar refractivity (Wildman–Crippen MR) is 170 cm³/mol. The van der Waals surface area contributed by atoms with E-state index in [9.17, 15) is 19.5 Å². The summed E-state index contributed by atoms with van der Waals surface area (Å²) >= 11 is 0. The third-order valence-corrected chi connectivity index (χ3v) is 7.41. The molecular formula is C35H45N3O6. The molecule has 4 N–H and O–H groups in total. The molecule has 236 valence electrons. The highest BCUT2D eigenvalue weighted by Gasteiger charge is 2.29. The number of ether oxygens (including phenoxy) is 2. The van der Waals surface area contributed by atoms with Gasteiger partial charge >= 0.3 is 0 Å². The van der Waals surface area contributed by atoms with Crippen LogP contribution in [0.4, 0.5) is 0 Å². The fraction of sp³-hybridized carbons (Fsp3) is 0.400. The molecule has 3 aromatic rings. The Morgan fingerprint density at radius 3 is 2.02 bits per heavy atom. The van der Waals surface area contributed by atoms with Gasteiger partial charge in [0.15, 0.2) is 11.5 Å². The molecule has 1 unspecified atom stereocenters. The molecule has 0 spiro atoms. The molecule has 44 heavy (non-hydrogen) atoms. The summed E-state index contributed by atoms with van der Waals surface area (Å²) < 4.78 is 10.6. The maximum Gasteiger partial charge on any atom is 0.243 e. The fourth-order valence-electron chi connectivity index (χ4n) is 4.92. The smallest absolute Gasteiger partial charge is 0.243 e. The van der Waals surface area contributed by atoms with E-state index in [1.807, 2.05) is 74.5 Å². The molecule has 0 aliphatic carbocycles. The topological polar surface area (TPSA) is 126 Å². The van der Waals surface area contributed by atoms with Crippen molar-refractivity contribution in [3.05, 3.63) is 95.6 Å². The maximum absolute atomic E-state index is 13.5. The molecule has 0 heterocycles. The molecule has 0 fully saturated rings. The predicted octanol–water partition coefficient (Wildman–Crippen LogP) is 3.61. The Morgan fingerprint density at radius 2 is 1.41 bits per heavy atom. The second-order valence-corrected chi connectivity index (χ2v) is 11.2. The van der Waals surface area contributed by atoms with Gasteiger partial charge in [0.1, 0.15) is 6.04 Å². The monoisotopic (exact) mass is 603 g/mol. The van der Waals surface area contributed by atoms with Gasteiger partial charge in [-0.2, -0.15) is 0 Å². The Morgan fingerprint density at radius 1 is 0.773 bits per heavy atom. The van der Waals surface area contributed by atoms with Crippen LogP contribution in [-0.4, -0.2) is 61.8 Å². The average molecular weight is 604 g/mol. The molecule has 3 amide bonds. The molecule has 9 heteroatoms. The highest BCUT2D eigenvalue weighted by molar-refractivity contribution is 5.89. The number of nitrogens with one attached hydrogen (secondary N) is 3. The molecule has 3 aromatic carbocycles. The Labute approximate surface area is 260 Å². The molecule has 0 aliphatic rings. The van der Waals surface area contributed by atoms with Gasteiger partial charge in [0.25, 0.3) is 0 Å². The van der Waals surface area contributed by atoms with Crippen molar-refractivity contribution in [3.63, 3.8) is 0 Å². The minimum atomic E-state index is -0.977. The standard InChI is InChI=1S/C35H45N3O6/c1-24(2)34(38-33(41)23-27-15-17-30(43-3)31(22-27)44-4)35(42)37-28(21-26-13-9-6-10-14-26)29(39)16-18-32(40)36-20-19-25-11-7-5-8-12-25/h5-15,17,22,24,28-29,34,39H,16,18-21,23H2,1-4H3,(H,36,40)(H,37,42)(H,38,41)/t28-,29-,34?/m0/s1. The molecule has 9 nitrogen and oxygen atoms in total. The normalized spacial score (nSPS) is 13.0. The number of carbonyl (C=O) groups excluding carboxylic acids is 3. The van der Waals surface area contributed by atoms with Crippen LogP contribution in [0.3, 0.4) is 0 Å². The van der Waals surface area contributed by atoms with E-state index in [0.717, 1.165) is 17.5 Å². The van der Waals surface area contributed by atoms with Crippen molar-refractivity contribution < 1.29 is 29.0 Å². The average Bonchev–Trinajstić information content (AvgIpc) is 3.02. The summed E-state index contributed by atoms with van der Waals surface area (Å²) in [6.07, 6.45) is 0.449. The number of benzene rings is 3. The highest BCUT2D eigenvalue weighted by Crippen LogP contribution is 2.27. The van der Waals surface area contributed by atoms with Gasteiger partial charge in [0, 0.05) is 13.0 Å². The van der Waals surface area contributed by atoms with Gasteiger partial charge in [0.2, 0.25) is 17.7 Å². The molecule has 0 saturated heterocycles. The molecule has 0 saturated carbocycles. The summed E-state index contributed by atoms with van der Waals surface area (Å²) in [6, 6.07) is 23.2. The van der Waals surface area contributed by atoms with Crippen LogP contribution in [0, 0.1) is 5.92 Å². The number of aliphatic hydroxyl groups excluding tert-OH is 1. The van der Waals surface area contributed by atoms with Crippen molar-refractivity contribution in [2.45, 2.75) is 64.1 Å². The van der Waals surface area contributed by atoms with Crippen molar-refractivity contribution >= 4 is 17.7 Å².